The Hall–Kier alpha value is -2.39. The van der Waals surface area contributed by atoms with Crippen LogP contribution in [-0.2, 0) is 6.42 Å². The van der Waals surface area contributed by atoms with Crippen LogP contribution in [0.5, 0.6) is 0 Å². The Kier molecular flexibility index (Phi) is 4.57. The SMILES string of the molecule is OCC1(Nc2nc(N3CCC(c4noc5ccc(F)cc45)CC3)nc3c2SCC3)CC1. The topological polar surface area (TPSA) is 87.3 Å². The summed E-state index contributed by atoms with van der Waals surface area (Å²) in [7, 11) is 0. The maximum Gasteiger partial charge on any atom is 0.227 e. The minimum atomic E-state index is -0.268. The highest BCUT2D eigenvalue weighted by Gasteiger charge is 2.43. The van der Waals surface area contributed by atoms with Gasteiger partial charge in [-0.3, -0.25) is 0 Å². The molecule has 2 aromatic heterocycles. The predicted octanol–water partition coefficient (Wildman–Crippen LogP) is 3.73. The monoisotopic (exact) mass is 441 g/mol. The highest BCUT2D eigenvalue weighted by Crippen LogP contribution is 2.43. The lowest BCUT2D eigenvalue weighted by Gasteiger charge is -2.32. The van der Waals surface area contributed by atoms with Gasteiger partial charge in [0.1, 0.15) is 11.6 Å². The molecule has 0 radical (unpaired) electrons. The van der Waals surface area contributed by atoms with Crippen LogP contribution in [0.25, 0.3) is 11.0 Å². The van der Waals surface area contributed by atoms with Crippen molar-refractivity contribution in [2.45, 2.75) is 48.5 Å². The van der Waals surface area contributed by atoms with Crippen LogP contribution in [-0.4, -0.2) is 51.2 Å². The predicted molar refractivity (Wildman–Crippen MR) is 117 cm³/mol. The van der Waals surface area contributed by atoms with Crippen molar-refractivity contribution in [3.8, 4) is 0 Å². The number of hydrogen-bond donors (Lipinski definition) is 2. The molecule has 2 aliphatic heterocycles. The second-order valence-corrected chi connectivity index (χ2v) is 9.88. The van der Waals surface area contributed by atoms with Gasteiger partial charge in [-0.15, -0.1) is 11.8 Å². The second kappa shape index (κ2) is 7.34. The summed E-state index contributed by atoms with van der Waals surface area (Å²) in [4.78, 5) is 13.1. The minimum Gasteiger partial charge on any atom is -0.394 e. The molecule has 9 heteroatoms. The van der Waals surface area contributed by atoms with Crippen LogP contribution in [0.3, 0.4) is 0 Å². The summed E-state index contributed by atoms with van der Waals surface area (Å²) in [5.41, 5.74) is 2.37. The molecule has 1 saturated carbocycles. The average Bonchev–Trinajstić information content (AvgIpc) is 3.19. The Balaban J connectivity index is 1.23. The molecule has 0 atom stereocenters. The van der Waals surface area contributed by atoms with Gasteiger partial charge < -0.3 is 19.8 Å². The fraction of sp³-hybridized carbons (Fsp3) is 0.500. The number of nitrogens with zero attached hydrogens (tertiary/aromatic N) is 4. The molecule has 6 rings (SSSR count). The Bertz CT molecular complexity index is 1140. The third-order valence-electron chi connectivity index (χ3n) is 6.67. The van der Waals surface area contributed by atoms with E-state index in [-0.39, 0.29) is 23.9 Å². The number of benzene rings is 1. The van der Waals surface area contributed by atoms with Gasteiger partial charge in [-0.2, -0.15) is 4.98 Å². The first-order valence-corrected chi connectivity index (χ1v) is 11.9. The lowest BCUT2D eigenvalue weighted by atomic mass is 9.92. The molecule has 2 N–H and O–H groups in total. The van der Waals surface area contributed by atoms with E-state index in [0.29, 0.717) is 5.58 Å². The Morgan fingerprint density at radius 1 is 1.26 bits per heavy atom. The van der Waals surface area contributed by atoms with Crippen LogP contribution in [0.2, 0.25) is 0 Å². The van der Waals surface area contributed by atoms with E-state index in [4.69, 9.17) is 14.5 Å². The number of aliphatic hydroxyl groups excluding tert-OH is 1. The van der Waals surface area contributed by atoms with Gasteiger partial charge in [0.2, 0.25) is 5.95 Å². The molecule has 162 valence electrons. The van der Waals surface area contributed by atoms with Crippen molar-refractivity contribution in [2.75, 3.05) is 35.7 Å². The van der Waals surface area contributed by atoms with Crippen molar-refractivity contribution in [1.29, 1.82) is 0 Å². The van der Waals surface area contributed by atoms with Gasteiger partial charge in [-0.1, -0.05) is 5.16 Å². The number of hydrogen-bond acceptors (Lipinski definition) is 8. The van der Waals surface area contributed by atoms with Crippen molar-refractivity contribution < 1.29 is 14.0 Å². The number of piperidine rings is 1. The molecule has 1 aromatic carbocycles. The Morgan fingerprint density at radius 3 is 2.87 bits per heavy atom. The molecule has 0 bridgehead atoms. The fourth-order valence-corrected chi connectivity index (χ4v) is 5.63. The summed E-state index contributed by atoms with van der Waals surface area (Å²) in [6.07, 6.45) is 4.66. The average molecular weight is 442 g/mol. The van der Waals surface area contributed by atoms with Crippen molar-refractivity contribution in [3.63, 3.8) is 0 Å². The summed E-state index contributed by atoms with van der Waals surface area (Å²) < 4.78 is 19.1. The van der Waals surface area contributed by atoms with Crippen molar-refractivity contribution in [1.82, 2.24) is 15.1 Å². The van der Waals surface area contributed by atoms with Gasteiger partial charge in [-0.05, 0) is 43.9 Å². The van der Waals surface area contributed by atoms with Gasteiger partial charge in [0, 0.05) is 36.6 Å². The number of fused-ring (bicyclic) bond motifs is 2. The maximum absolute atomic E-state index is 13.7. The molecule has 7 nitrogen and oxygen atoms in total. The summed E-state index contributed by atoms with van der Waals surface area (Å²) in [5, 5.41) is 18.3. The van der Waals surface area contributed by atoms with E-state index in [1.165, 1.54) is 12.1 Å². The van der Waals surface area contributed by atoms with E-state index >= 15 is 0 Å². The van der Waals surface area contributed by atoms with Crippen molar-refractivity contribution in [2.24, 2.45) is 0 Å². The highest BCUT2D eigenvalue weighted by molar-refractivity contribution is 7.99. The lowest BCUT2D eigenvalue weighted by molar-refractivity contribution is 0.265. The van der Waals surface area contributed by atoms with Crippen LogP contribution < -0.4 is 10.2 Å². The molecule has 1 saturated heterocycles. The van der Waals surface area contributed by atoms with E-state index in [0.717, 1.165) is 84.4 Å². The number of rotatable bonds is 5. The van der Waals surface area contributed by atoms with Gasteiger partial charge >= 0.3 is 0 Å². The maximum atomic E-state index is 13.7. The summed E-state index contributed by atoms with van der Waals surface area (Å²) in [6.45, 7) is 1.75. The quantitative estimate of drug-likeness (QED) is 0.619. The zero-order chi connectivity index (χ0) is 21.0. The molecule has 3 aliphatic rings. The van der Waals surface area contributed by atoms with Crippen LogP contribution >= 0.6 is 11.8 Å². The van der Waals surface area contributed by atoms with E-state index < -0.39 is 0 Å². The van der Waals surface area contributed by atoms with Crippen LogP contribution in [0.15, 0.2) is 27.6 Å². The largest absolute Gasteiger partial charge is 0.394 e. The summed E-state index contributed by atoms with van der Waals surface area (Å²) in [6, 6.07) is 4.55. The van der Waals surface area contributed by atoms with Crippen LogP contribution in [0, 0.1) is 5.82 Å². The number of thioether (sulfide) groups is 1. The smallest absolute Gasteiger partial charge is 0.227 e. The zero-order valence-electron chi connectivity index (χ0n) is 17.1. The molecule has 31 heavy (non-hydrogen) atoms. The van der Waals surface area contributed by atoms with Gasteiger partial charge in [-0.25, -0.2) is 9.37 Å². The number of nitrogens with one attached hydrogen (secondary N) is 1. The molecule has 1 aliphatic carbocycles. The van der Waals surface area contributed by atoms with E-state index in [1.54, 1.807) is 17.8 Å². The number of aryl methyl sites for hydroxylation is 1. The first-order valence-electron chi connectivity index (χ1n) is 10.9. The van der Waals surface area contributed by atoms with Crippen molar-refractivity contribution in [3.05, 3.63) is 35.4 Å². The van der Waals surface area contributed by atoms with Crippen molar-refractivity contribution >= 4 is 34.5 Å². The first kappa shape index (κ1) is 19.3. The van der Waals surface area contributed by atoms with Crippen LogP contribution in [0.1, 0.15) is 43.0 Å². The van der Waals surface area contributed by atoms with E-state index in [1.807, 2.05) is 0 Å². The number of halogens is 1. The molecular formula is C22H24FN5O2S. The van der Waals surface area contributed by atoms with E-state index in [2.05, 4.69) is 15.4 Å². The van der Waals surface area contributed by atoms with Gasteiger partial charge in [0.15, 0.2) is 5.58 Å². The number of aliphatic hydroxyl groups is 1. The third-order valence-corrected chi connectivity index (χ3v) is 7.80. The number of aromatic nitrogens is 3. The Morgan fingerprint density at radius 2 is 2.10 bits per heavy atom. The van der Waals surface area contributed by atoms with E-state index in [9.17, 15) is 9.50 Å². The Labute approximate surface area is 183 Å². The standard InChI is InChI=1S/C22H24FN5O2S/c23-14-1-2-17-15(11-14)18(27-30-17)13-3-8-28(9-4-13)21-24-16-5-10-31-19(16)20(25-21)26-22(12-29)6-7-22/h1-2,11,13,29H,3-10,12H2,(H,24,25,26). The molecule has 0 amide bonds. The second-order valence-electron chi connectivity index (χ2n) is 8.78. The molecule has 3 aromatic rings. The van der Waals surface area contributed by atoms with Crippen LogP contribution in [0.4, 0.5) is 16.2 Å². The molecule has 4 heterocycles. The molecule has 0 spiro atoms. The minimum absolute atomic E-state index is 0.128. The molecular weight excluding hydrogens is 417 g/mol. The first-order chi connectivity index (χ1) is 15.1. The van der Waals surface area contributed by atoms with Gasteiger partial charge in [0.05, 0.1) is 28.4 Å². The zero-order valence-corrected chi connectivity index (χ0v) is 17.9. The lowest BCUT2D eigenvalue weighted by Crippen LogP contribution is -2.35. The molecule has 0 unspecified atom stereocenters. The third kappa shape index (κ3) is 3.43. The fourth-order valence-electron chi connectivity index (χ4n) is 4.58. The molecule has 2 fully saturated rings. The summed E-state index contributed by atoms with van der Waals surface area (Å²) >= 11 is 1.79. The normalized spacial score (nSPS) is 20.3. The van der Waals surface area contributed by atoms with Gasteiger partial charge in [0.25, 0.3) is 0 Å². The summed E-state index contributed by atoms with van der Waals surface area (Å²) in [5.74, 6) is 2.61. The highest BCUT2D eigenvalue weighted by atomic mass is 32.2. The number of anilines is 2.